The first-order valence-corrected chi connectivity index (χ1v) is 3.03. The summed E-state index contributed by atoms with van der Waals surface area (Å²) in [4.78, 5) is 0. The van der Waals surface area contributed by atoms with Crippen LogP contribution in [0.4, 0.5) is 0 Å². The van der Waals surface area contributed by atoms with E-state index in [2.05, 4.69) is 13.2 Å². The molecule has 0 saturated heterocycles. The number of rotatable bonds is 2. The monoisotopic (exact) mass is 122 g/mol. The second kappa shape index (κ2) is 3.29. The molecule has 0 bridgehead atoms. The molecule has 0 heterocycles. The Kier molecular flexibility index (Phi) is 3.00. The lowest BCUT2D eigenvalue weighted by Gasteiger charge is -1.96. The molecule has 0 spiro atoms. The zero-order valence-electron chi connectivity index (χ0n) is 6.49. The zero-order valence-corrected chi connectivity index (χ0v) is 6.49. The van der Waals surface area contributed by atoms with Gasteiger partial charge in [-0.2, -0.15) is 0 Å². The largest absolute Gasteiger partial charge is 0.0961 e. The van der Waals surface area contributed by atoms with Crippen molar-refractivity contribution in [3.63, 3.8) is 0 Å². The van der Waals surface area contributed by atoms with Gasteiger partial charge in [-0.3, -0.25) is 0 Å². The Morgan fingerprint density at radius 1 is 1.11 bits per heavy atom. The van der Waals surface area contributed by atoms with E-state index in [4.69, 9.17) is 0 Å². The maximum atomic E-state index is 3.80. The summed E-state index contributed by atoms with van der Waals surface area (Å²) in [5, 5.41) is 0. The Bertz CT molecular complexity index is 159. The first-order chi connectivity index (χ1) is 4.04. The smallest absolute Gasteiger partial charge is 0.0395 e. The summed E-state index contributed by atoms with van der Waals surface area (Å²) in [6, 6.07) is 0. The minimum absolute atomic E-state index is 1.08. The van der Waals surface area contributed by atoms with E-state index in [-0.39, 0.29) is 0 Å². The quantitative estimate of drug-likeness (QED) is 0.494. The normalized spacial score (nSPS) is 11.2. The molecule has 0 aliphatic rings. The lowest BCUT2D eigenvalue weighted by atomic mass is 10.1. The minimum Gasteiger partial charge on any atom is -0.0961 e. The van der Waals surface area contributed by atoms with E-state index in [1.807, 2.05) is 26.8 Å². The van der Waals surface area contributed by atoms with Crippen LogP contribution in [0.15, 0.2) is 36.0 Å². The van der Waals surface area contributed by atoms with Crippen LogP contribution in [0.1, 0.15) is 20.8 Å². The van der Waals surface area contributed by atoms with Gasteiger partial charge >= 0.3 is 0 Å². The van der Waals surface area contributed by atoms with Gasteiger partial charge < -0.3 is 0 Å². The van der Waals surface area contributed by atoms with Gasteiger partial charge in [-0.15, -0.1) is 0 Å². The van der Waals surface area contributed by atoms with Crippen molar-refractivity contribution in [1.82, 2.24) is 0 Å². The fraction of sp³-hybridized carbons (Fsp3) is 0.333. The van der Waals surface area contributed by atoms with Crippen LogP contribution < -0.4 is 0 Å². The minimum atomic E-state index is 1.08. The number of hydrogen-bond donors (Lipinski definition) is 0. The van der Waals surface area contributed by atoms with Crippen molar-refractivity contribution in [3.05, 3.63) is 36.0 Å². The van der Waals surface area contributed by atoms with Gasteiger partial charge in [0.05, 0.1) is 0 Å². The highest BCUT2D eigenvalue weighted by molar-refractivity contribution is 5.30. The molecule has 0 aliphatic carbocycles. The first kappa shape index (κ1) is 8.22. The third kappa shape index (κ3) is 3.77. The predicted octanol–water partition coefficient (Wildman–Crippen LogP) is 3.08. The summed E-state index contributed by atoms with van der Waals surface area (Å²) in [7, 11) is 0. The summed E-state index contributed by atoms with van der Waals surface area (Å²) in [6.45, 7) is 13.6. The molecule has 0 aromatic heterocycles. The number of hydrogen-bond acceptors (Lipinski definition) is 0. The highest BCUT2D eigenvalue weighted by Gasteiger charge is 1.86. The van der Waals surface area contributed by atoms with Crippen molar-refractivity contribution >= 4 is 0 Å². The van der Waals surface area contributed by atoms with Crippen molar-refractivity contribution in [2.24, 2.45) is 0 Å². The van der Waals surface area contributed by atoms with Crippen LogP contribution >= 0.6 is 0 Å². The van der Waals surface area contributed by atoms with Crippen molar-refractivity contribution in [2.45, 2.75) is 20.8 Å². The molecule has 0 nitrogen and oxygen atoms in total. The predicted molar refractivity (Wildman–Crippen MR) is 43.4 cm³/mol. The fourth-order valence-corrected chi connectivity index (χ4v) is 0.493. The van der Waals surface area contributed by atoms with Crippen molar-refractivity contribution in [2.75, 3.05) is 0 Å². The van der Waals surface area contributed by atoms with Gasteiger partial charge in [0.15, 0.2) is 0 Å². The lowest BCUT2D eigenvalue weighted by molar-refractivity contribution is 1.34. The molecule has 50 valence electrons. The second-order valence-corrected chi connectivity index (χ2v) is 2.45. The summed E-state index contributed by atoms with van der Waals surface area (Å²) in [6.07, 6.45) is 2.03. The molecule has 0 aromatic carbocycles. The fourth-order valence-electron chi connectivity index (χ4n) is 0.493. The van der Waals surface area contributed by atoms with E-state index in [0.29, 0.717) is 0 Å². The Morgan fingerprint density at radius 2 is 1.56 bits per heavy atom. The van der Waals surface area contributed by atoms with Crippen molar-refractivity contribution in [3.8, 4) is 0 Å². The van der Waals surface area contributed by atoms with Gasteiger partial charge in [-0.1, -0.05) is 30.4 Å². The van der Waals surface area contributed by atoms with Gasteiger partial charge in [0.1, 0.15) is 0 Å². The molecule has 0 radical (unpaired) electrons. The third-order valence-electron chi connectivity index (χ3n) is 1.14. The molecular formula is C9H14. The van der Waals surface area contributed by atoms with Crippen molar-refractivity contribution in [1.29, 1.82) is 0 Å². The van der Waals surface area contributed by atoms with Crippen LogP contribution in [0.25, 0.3) is 0 Å². The average molecular weight is 122 g/mol. The highest BCUT2D eigenvalue weighted by Crippen LogP contribution is 2.07. The molecule has 9 heavy (non-hydrogen) atoms. The Hall–Kier alpha value is -0.780. The summed E-state index contributed by atoms with van der Waals surface area (Å²) < 4.78 is 0. The summed E-state index contributed by atoms with van der Waals surface area (Å²) in [5.74, 6) is 0. The lowest BCUT2D eigenvalue weighted by Crippen LogP contribution is -1.75. The van der Waals surface area contributed by atoms with Crippen LogP contribution in [0.5, 0.6) is 0 Å². The van der Waals surface area contributed by atoms with Gasteiger partial charge in [-0.25, -0.2) is 0 Å². The summed E-state index contributed by atoms with van der Waals surface area (Å²) >= 11 is 0. The average Bonchev–Trinajstić information content (AvgIpc) is 1.63. The van der Waals surface area contributed by atoms with E-state index in [0.717, 1.165) is 11.1 Å². The Balaban J connectivity index is 4.17. The maximum absolute atomic E-state index is 3.80. The second-order valence-electron chi connectivity index (χ2n) is 2.45. The van der Waals surface area contributed by atoms with Gasteiger partial charge in [0.2, 0.25) is 0 Å². The number of allylic oxidation sites excluding steroid dienone is 4. The third-order valence-corrected chi connectivity index (χ3v) is 1.14. The SMILES string of the molecule is C=C(C)C=C(C)C(=C)C. The van der Waals surface area contributed by atoms with Gasteiger partial charge in [0.25, 0.3) is 0 Å². The summed E-state index contributed by atoms with van der Waals surface area (Å²) in [5.41, 5.74) is 3.40. The maximum Gasteiger partial charge on any atom is -0.0395 e. The molecule has 0 amide bonds. The van der Waals surface area contributed by atoms with Gasteiger partial charge in [0, 0.05) is 0 Å². The Morgan fingerprint density at radius 3 is 1.67 bits per heavy atom. The highest BCUT2D eigenvalue weighted by atomic mass is 13.9. The van der Waals surface area contributed by atoms with Crippen molar-refractivity contribution < 1.29 is 0 Å². The molecule has 0 fully saturated rings. The van der Waals surface area contributed by atoms with Crippen LogP contribution in [0.3, 0.4) is 0 Å². The zero-order chi connectivity index (χ0) is 7.44. The molecular weight excluding hydrogens is 108 g/mol. The molecule has 0 aliphatic heterocycles. The molecule has 0 N–H and O–H groups in total. The van der Waals surface area contributed by atoms with E-state index in [1.165, 1.54) is 5.57 Å². The van der Waals surface area contributed by atoms with Crippen LogP contribution in [0.2, 0.25) is 0 Å². The van der Waals surface area contributed by atoms with Crippen LogP contribution in [0, 0.1) is 0 Å². The molecule has 0 rings (SSSR count). The molecule has 0 saturated carbocycles. The first-order valence-electron chi connectivity index (χ1n) is 3.03. The molecule has 0 unspecified atom stereocenters. The van der Waals surface area contributed by atoms with Gasteiger partial charge in [-0.05, 0) is 26.3 Å². The van der Waals surface area contributed by atoms with Crippen LogP contribution in [-0.2, 0) is 0 Å². The Labute approximate surface area is 57.6 Å². The molecule has 0 atom stereocenters. The van der Waals surface area contributed by atoms with Crippen LogP contribution in [-0.4, -0.2) is 0 Å². The molecule has 0 aromatic rings. The topological polar surface area (TPSA) is 0 Å². The van der Waals surface area contributed by atoms with E-state index >= 15 is 0 Å². The standard InChI is InChI=1S/C9H14/c1-7(2)6-9(5)8(3)4/h6H,1,3H2,2,4-5H3. The van der Waals surface area contributed by atoms with E-state index < -0.39 is 0 Å². The van der Waals surface area contributed by atoms with E-state index in [1.54, 1.807) is 0 Å². The molecule has 0 heteroatoms. The van der Waals surface area contributed by atoms with E-state index in [9.17, 15) is 0 Å².